The molecule has 3 N–H and O–H groups in total. The van der Waals surface area contributed by atoms with E-state index in [-0.39, 0.29) is 5.91 Å². The highest BCUT2D eigenvalue weighted by Gasteiger charge is 2.15. The number of methoxy groups -OCH3 is 1. The Bertz CT molecular complexity index is 632. The molecule has 0 saturated carbocycles. The SMILES string of the molecule is COc1cc(C(=O)NN)cc(I)c1OCc1ccccc1. The van der Waals surface area contributed by atoms with Gasteiger partial charge in [-0.15, -0.1) is 0 Å². The molecule has 5 nitrogen and oxygen atoms in total. The maximum atomic E-state index is 11.6. The highest BCUT2D eigenvalue weighted by atomic mass is 127. The number of carbonyl (C=O) groups excluding carboxylic acids is 1. The molecule has 2 aromatic rings. The van der Waals surface area contributed by atoms with Gasteiger partial charge in [0.1, 0.15) is 6.61 Å². The Morgan fingerprint density at radius 1 is 1.29 bits per heavy atom. The number of amides is 1. The molecule has 0 atom stereocenters. The van der Waals surface area contributed by atoms with E-state index in [0.29, 0.717) is 23.7 Å². The van der Waals surface area contributed by atoms with Crippen LogP contribution in [0.15, 0.2) is 42.5 Å². The van der Waals surface area contributed by atoms with Crippen molar-refractivity contribution >= 4 is 28.5 Å². The summed E-state index contributed by atoms with van der Waals surface area (Å²) in [5, 5.41) is 0. The molecule has 1 amide bonds. The van der Waals surface area contributed by atoms with Gasteiger partial charge in [-0.1, -0.05) is 30.3 Å². The number of carbonyl (C=O) groups is 1. The third-order valence-corrected chi connectivity index (χ3v) is 3.65. The molecule has 0 unspecified atom stereocenters. The summed E-state index contributed by atoms with van der Waals surface area (Å²) in [6.07, 6.45) is 0. The van der Waals surface area contributed by atoms with Gasteiger partial charge >= 0.3 is 0 Å². The minimum atomic E-state index is -0.374. The van der Waals surface area contributed by atoms with Crippen LogP contribution in [0.4, 0.5) is 0 Å². The highest BCUT2D eigenvalue weighted by Crippen LogP contribution is 2.34. The van der Waals surface area contributed by atoms with Crippen LogP contribution in [-0.2, 0) is 6.61 Å². The maximum absolute atomic E-state index is 11.6. The van der Waals surface area contributed by atoms with E-state index >= 15 is 0 Å². The number of nitrogens with two attached hydrogens (primary N) is 1. The van der Waals surface area contributed by atoms with Gasteiger partial charge in [0.15, 0.2) is 11.5 Å². The molecular weight excluding hydrogens is 383 g/mol. The van der Waals surface area contributed by atoms with Crippen molar-refractivity contribution < 1.29 is 14.3 Å². The smallest absolute Gasteiger partial charge is 0.265 e. The first-order chi connectivity index (χ1) is 10.2. The summed E-state index contributed by atoms with van der Waals surface area (Å²) in [7, 11) is 1.53. The second kappa shape index (κ2) is 7.28. The highest BCUT2D eigenvalue weighted by molar-refractivity contribution is 14.1. The molecule has 0 saturated heterocycles. The molecule has 0 heterocycles. The van der Waals surface area contributed by atoms with Gasteiger partial charge < -0.3 is 9.47 Å². The van der Waals surface area contributed by atoms with Crippen molar-refractivity contribution in [2.75, 3.05) is 7.11 Å². The third-order valence-electron chi connectivity index (χ3n) is 2.85. The predicted molar refractivity (Wildman–Crippen MR) is 88.1 cm³/mol. The van der Waals surface area contributed by atoms with Crippen LogP contribution < -0.4 is 20.7 Å². The quantitative estimate of drug-likeness (QED) is 0.351. The Morgan fingerprint density at radius 3 is 2.62 bits per heavy atom. The van der Waals surface area contributed by atoms with E-state index in [1.54, 1.807) is 12.1 Å². The summed E-state index contributed by atoms with van der Waals surface area (Å²) >= 11 is 2.10. The summed E-state index contributed by atoms with van der Waals surface area (Å²) in [4.78, 5) is 11.6. The zero-order valence-electron chi connectivity index (χ0n) is 11.4. The van der Waals surface area contributed by atoms with E-state index in [9.17, 15) is 4.79 Å². The fourth-order valence-corrected chi connectivity index (χ4v) is 2.56. The molecular formula is C15H15IN2O3. The summed E-state index contributed by atoms with van der Waals surface area (Å²) in [6.45, 7) is 0.426. The lowest BCUT2D eigenvalue weighted by atomic mass is 10.2. The zero-order valence-corrected chi connectivity index (χ0v) is 13.6. The number of rotatable bonds is 5. The van der Waals surface area contributed by atoms with Gasteiger partial charge in [0.25, 0.3) is 5.91 Å². The van der Waals surface area contributed by atoms with Gasteiger partial charge in [-0.2, -0.15) is 0 Å². The second-order valence-corrected chi connectivity index (χ2v) is 5.40. The third kappa shape index (κ3) is 3.85. The molecule has 0 spiro atoms. The molecule has 0 aliphatic rings. The van der Waals surface area contributed by atoms with Gasteiger partial charge in [-0.25, -0.2) is 5.84 Å². The van der Waals surface area contributed by atoms with E-state index in [0.717, 1.165) is 9.13 Å². The molecule has 110 valence electrons. The first-order valence-corrected chi connectivity index (χ1v) is 7.28. The lowest BCUT2D eigenvalue weighted by Gasteiger charge is -2.14. The van der Waals surface area contributed by atoms with Crippen LogP contribution in [-0.4, -0.2) is 13.0 Å². The van der Waals surface area contributed by atoms with Crippen LogP contribution in [0, 0.1) is 3.57 Å². The molecule has 2 rings (SSSR count). The van der Waals surface area contributed by atoms with Gasteiger partial charge in [0.2, 0.25) is 0 Å². The normalized spacial score (nSPS) is 10.0. The number of hydrogen-bond acceptors (Lipinski definition) is 4. The molecule has 6 heteroatoms. The Labute approximate surface area is 136 Å². The molecule has 0 aliphatic heterocycles. The van der Waals surface area contributed by atoms with Gasteiger partial charge in [0, 0.05) is 5.56 Å². The monoisotopic (exact) mass is 398 g/mol. The van der Waals surface area contributed by atoms with Crippen molar-refractivity contribution in [1.29, 1.82) is 0 Å². The van der Waals surface area contributed by atoms with Crippen molar-refractivity contribution in [1.82, 2.24) is 5.43 Å². The molecule has 0 aromatic heterocycles. The first kappa shape index (κ1) is 15.6. The van der Waals surface area contributed by atoms with Gasteiger partial charge in [-0.05, 0) is 40.3 Å². The number of nitrogens with one attached hydrogen (secondary N) is 1. The van der Waals surface area contributed by atoms with Crippen molar-refractivity contribution in [3.05, 3.63) is 57.2 Å². The Kier molecular flexibility index (Phi) is 5.40. The van der Waals surface area contributed by atoms with Crippen LogP contribution >= 0.6 is 22.6 Å². The second-order valence-electron chi connectivity index (χ2n) is 4.24. The first-order valence-electron chi connectivity index (χ1n) is 6.21. The summed E-state index contributed by atoms with van der Waals surface area (Å²) in [5.74, 6) is 5.87. The van der Waals surface area contributed by atoms with Crippen LogP contribution in [0.2, 0.25) is 0 Å². The number of benzene rings is 2. The largest absolute Gasteiger partial charge is 0.493 e. The van der Waals surface area contributed by atoms with Crippen molar-refractivity contribution in [2.45, 2.75) is 6.61 Å². The van der Waals surface area contributed by atoms with Crippen LogP contribution in [0.25, 0.3) is 0 Å². The predicted octanol–water partition coefficient (Wildman–Crippen LogP) is 2.48. The van der Waals surface area contributed by atoms with E-state index in [1.807, 2.05) is 30.3 Å². The lowest BCUT2D eigenvalue weighted by Crippen LogP contribution is -2.30. The Hall–Kier alpha value is -1.80. The summed E-state index contributed by atoms with van der Waals surface area (Å²) < 4.78 is 11.9. The zero-order chi connectivity index (χ0) is 15.2. The average Bonchev–Trinajstić information content (AvgIpc) is 2.53. The fourth-order valence-electron chi connectivity index (χ4n) is 1.80. The van der Waals surface area contributed by atoms with E-state index in [2.05, 4.69) is 28.0 Å². The lowest BCUT2D eigenvalue weighted by molar-refractivity contribution is 0.0953. The van der Waals surface area contributed by atoms with Crippen LogP contribution in [0.5, 0.6) is 11.5 Å². The molecule has 0 radical (unpaired) electrons. The van der Waals surface area contributed by atoms with Gasteiger partial charge in [-0.3, -0.25) is 10.2 Å². The summed E-state index contributed by atoms with van der Waals surface area (Å²) in [5.41, 5.74) is 3.58. The van der Waals surface area contributed by atoms with Crippen molar-refractivity contribution in [3.63, 3.8) is 0 Å². The molecule has 0 aliphatic carbocycles. The van der Waals surface area contributed by atoms with Crippen molar-refractivity contribution in [3.8, 4) is 11.5 Å². The average molecular weight is 398 g/mol. The number of hydrazine groups is 1. The number of ether oxygens (including phenoxy) is 2. The van der Waals surface area contributed by atoms with Crippen LogP contribution in [0.3, 0.4) is 0 Å². The molecule has 2 aromatic carbocycles. The minimum Gasteiger partial charge on any atom is -0.493 e. The van der Waals surface area contributed by atoms with E-state index in [4.69, 9.17) is 15.3 Å². The van der Waals surface area contributed by atoms with Crippen LogP contribution in [0.1, 0.15) is 15.9 Å². The molecule has 0 bridgehead atoms. The molecule has 21 heavy (non-hydrogen) atoms. The fraction of sp³-hybridized carbons (Fsp3) is 0.133. The number of halogens is 1. The number of hydrogen-bond donors (Lipinski definition) is 2. The topological polar surface area (TPSA) is 73.6 Å². The Morgan fingerprint density at radius 2 is 2.00 bits per heavy atom. The Balaban J connectivity index is 2.24. The van der Waals surface area contributed by atoms with Gasteiger partial charge in [0.05, 0.1) is 10.7 Å². The molecule has 0 fully saturated rings. The van der Waals surface area contributed by atoms with E-state index < -0.39 is 0 Å². The minimum absolute atomic E-state index is 0.374. The number of nitrogen functional groups attached to an aromatic ring is 1. The van der Waals surface area contributed by atoms with E-state index in [1.165, 1.54) is 7.11 Å². The van der Waals surface area contributed by atoms with Crippen molar-refractivity contribution in [2.24, 2.45) is 5.84 Å². The standard InChI is InChI=1S/C15H15IN2O3/c1-20-13-8-11(15(19)18-17)7-12(16)14(13)21-9-10-5-3-2-4-6-10/h2-8H,9,17H2,1H3,(H,18,19). The summed E-state index contributed by atoms with van der Waals surface area (Å²) in [6, 6.07) is 13.1. The maximum Gasteiger partial charge on any atom is 0.265 e.